The molecule has 48 heavy (non-hydrogen) atoms. The Morgan fingerprint density at radius 1 is 1.15 bits per heavy atom. The van der Waals surface area contributed by atoms with E-state index in [1.165, 1.54) is 15.8 Å². The number of aromatic amines is 1. The Bertz CT molecular complexity index is 2050. The first kappa shape index (κ1) is 33.0. The Hall–Kier alpha value is -4.90. The zero-order chi connectivity index (χ0) is 34.3. The quantitative estimate of drug-likeness (QED) is 0.301. The molecule has 1 saturated heterocycles. The van der Waals surface area contributed by atoms with Crippen LogP contribution in [-0.2, 0) is 35.7 Å². The molecule has 1 aromatic carbocycles. The van der Waals surface area contributed by atoms with Gasteiger partial charge in [-0.2, -0.15) is 22.7 Å². The van der Waals surface area contributed by atoms with Crippen molar-refractivity contribution in [2.45, 2.75) is 32.5 Å². The fraction of sp³-hybridized carbons (Fsp3) is 0.400. The third-order valence-electron chi connectivity index (χ3n) is 8.24. The molecule has 18 heteroatoms. The van der Waals surface area contributed by atoms with Crippen molar-refractivity contribution in [3.05, 3.63) is 78.8 Å². The van der Waals surface area contributed by atoms with E-state index in [9.17, 15) is 32.3 Å². The zero-order valence-corrected chi connectivity index (χ0v) is 26.7. The maximum absolute atomic E-state index is 14.1. The minimum Gasteiger partial charge on any atom is -0.377 e. The lowest BCUT2D eigenvalue weighted by Crippen LogP contribution is -2.51. The first-order valence-electron chi connectivity index (χ1n) is 15.1. The molecule has 0 radical (unpaired) electrons. The summed E-state index contributed by atoms with van der Waals surface area (Å²) in [4.78, 5) is 60.8. The van der Waals surface area contributed by atoms with Gasteiger partial charge in [0.15, 0.2) is 5.82 Å². The number of hydrogen-bond donors (Lipinski definition) is 2. The van der Waals surface area contributed by atoms with Crippen molar-refractivity contribution in [1.82, 2.24) is 33.8 Å². The zero-order valence-electron chi connectivity index (χ0n) is 25.9. The molecule has 0 spiro atoms. The molecular weight excluding hydrogens is 659 g/mol. The fourth-order valence-electron chi connectivity index (χ4n) is 5.88. The number of rotatable bonds is 7. The Labute approximate surface area is 275 Å². The second kappa shape index (κ2) is 13.0. The molecule has 1 fully saturated rings. The Morgan fingerprint density at radius 3 is 2.50 bits per heavy atom. The number of carbonyl (C=O) groups excluding carboxylic acids is 2. The van der Waals surface area contributed by atoms with Gasteiger partial charge in [0.05, 0.1) is 35.2 Å². The SMILES string of the molecule is CCc1c(N2CCN(C(=O)c3cn(C)[nH]c3=O)CC2)c(=O)n2nc(C3=CCOCC3)nc2n1CC(=O)Nc1ccc(C(F)(F)F)cc1Cl. The number of fused-ring (bicyclic) bond motifs is 1. The number of ether oxygens (including phenoxy) is 1. The highest BCUT2D eigenvalue weighted by atomic mass is 35.5. The molecule has 5 heterocycles. The maximum Gasteiger partial charge on any atom is 0.416 e. The minimum absolute atomic E-state index is 0.0145. The van der Waals surface area contributed by atoms with E-state index in [4.69, 9.17) is 16.3 Å². The Kier molecular flexibility index (Phi) is 8.91. The van der Waals surface area contributed by atoms with Crippen LogP contribution in [0.3, 0.4) is 0 Å². The average Bonchev–Trinajstić information content (AvgIpc) is 3.66. The number of aromatic nitrogens is 6. The van der Waals surface area contributed by atoms with Crippen LogP contribution >= 0.6 is 11.6 Å². The van der Waals surface area contributed by atoms with Crippen LogP contribution < -0.4 is 21.3 Å². The van der Waals surface area contributed by atoms with Crippen LogP contribution in [0.5, 0.6) is 0 Å². The number of halogens is 4. The topological polar surface area (TPSA) is 152 Å². The lowest BCUT2D eigenvalue weighted by atomic mass is 10.1. The molecule has 0 saturated carbocycles. The van der Waals surface area contributed by atoms with Gasteiger partial charge in [0, 0.05) is 39.4 Å². The van der Waals surface area contributed by atoms with E-state index in [0.717, 1.165) is 28.3 Å². The Morgan fingerprint density at radius 2 is 1.90 bits per heavy atom. The van der Waals surface area contributed by atoms with Gasteiger partial charge in [0.2, 0.25) is 11.7 Å². The number of amides is 2. The molecule has 0 bridgehead atoms. The molecule has 2 amide bonds. The van der Waals surface area contributed by atoms with E-state index in [1.807, 2.05) is 17.9 Å². The number of nitrogens with zero attached hydrogens (tertiary/aromatic N) is 7. The highest BCUT2D eigenvalue weighted by Crippen LogP contribution is 2.34. The first-order valence-corrected chi connectivity index (χ1v) is 15.5. The summed E-state index contributed by atoms with van der Waals surface area (Å²) < 4.78 is 49.0. The van der Waals surface area contributed by atoms with Crippen LogP contribution in [0.2, 0.25) is 5.02 Å². The van der Waals surface area contributed by atoms with E-state index in [1.54, 1.807) is 11.6 Å². The summed E-state index contributed by atoms with van der Waals surface area (Å²) in [6.07, 6.45) is -0.540. The van der Waals surface area contributed by atoms with E-state index < -0.39 is 34.7 Å². The fourth-order valence-corrected chi connectivity index (χ4v) is 6.11. The van der Waals surface area contributed by atoms with Gasteiger partial charge < -0.3 is 24.4 Å². The van der Waals surface area contributed by atoms with Crippen molar-refractivity contribution in [1.29, 1.82) is 0 Å². The van der Waals surface area contributed by atoms with Crippen molar-refractivity contribution in [2.24, 2.45) is 7.05 Å². The van der Waals surface area contributed by atoms with E-state index in [-0.39, 0.29) is 60.5 Å². The predicted molar refractivity (Wildman–Crippen MR) is 169 cm³/mol. The summed E-state index contributed by atoms with van der Waals surface area (Å²) in [6, 6.07) is 2.63. The Balaban J connectivity index is 1.35. The lowest BCUT2D eigenvalue weighted by Gasteiger charge is -2.36. The largest absolute Gasteiger partial charge is 0.416 e. The number of hydrogen-bond acceptors (Lipinski definition) is 8. The van der Waals surface area contributed by atoms with Crippen molar-refractivity contribution < 1.29 is 27.5 Å². The van der Waals surface area contributed by atoms with Crippen molar-refractivity contribution in [3.63, 3.8) is 0 Å². The van der Waals surface area contributed by atoms with Gasteiger partial charge in [-0.25, -0.2) is 0 Å². The number of piperazine rings is 1. The van der Waals surface area contributed by atoms with Gasteiger partial charge in [-0.3, -0.25) is 29.0 Å². The number of aryl methyl sites for hydroxylation is 1. The minimum atomic E-state index is -4.61. The molecule has 4 aromatic rings. The predicted octanol–water partition coefficient (Wildman–Crippen LogP) is 2.56. The van der Waals surface area contributed by atoms with Crippen LogP contribution in [0.1, 0.15) is 40.8 Å². The van der Waals surface area contributed by atoms with Crippen LogP contribution in [0, 0.1) is 0 Å². The molecule has 3 aromatic heterocycles. The molecule has 0 unspecified atom stereocenters. The normalized spacial score (nSPS) is 15.6. The third kappa shape index (κ3) is 6.34. The van der Waals surface area contributed by atoms with Gasteiger partial charge in [-0.05, 0) is 36.6 Å². The molecular formula is C30H31ClF3N9O5. The number of alkyl halides is 3. The molecule has 14 nitrogen and oxygen atoms in total. The molecule has 6 rings (SSSR count). The van der Waals surface area contributed by atoms with Crippen molar-refractivity contribution in [2.75, 3.05) is 49.6 Å². The van der Waals surface area contributed by atoms with Crippen molar-refractivity contribution >= 4 is 46.1 Å². The van der Waals surface area contributed by atoms with E-state index in [2.05, 4.69) is 20.5 Å². The maximum atomic E-state index is 14.1. The summed E-state index contributed by atoms with van der Waals surface area (Å²) in [5.74, 6) is -0.641. The van der Waals surface area contributed by atoms with Gasteiger partial charge in [-0.15, -0.1) is 5.10 Å². The van der Waals surface area contributed by atoms with Crippen LogP contribution in [-0.4, -0.2) is 85.1 Å². The van der Waals surface area contributed by atoms with Gasteiger partial charge in [-0.1, -0.05) is 24.6 Å². The number of benzene rings is 1. The standard InChI is InChI=1S/C30H31ClF3N9O5/c1-3-22-24(40-8-10-41(11-9-40)27(46)19-15-39(2)38-26(19)45)28(47)43-29(36-25(37-43)17-6-12-48-13-7-17)42(22)16-23(44)35-21-5-4-18(14-20(21)31)30(32,33)34/h4-6,14-15H,3,7-13,16H2,1-2H3,(H,35,44)(H,38,45). The summed E-state index contributed by atoms with van der Waals surface area (Å²) >= 11 is 6.10. The third-order valence-corrected chi connectivity index (χ3v) is 8.55. The molecule has 0 aliphatic carbocycles. The smallest absolute Gasteiger partial charge is 0.377 e. The molecule has 2 aliphatic rings. The van der Waals surface area contributed by atoms with Crippen molar-refractivity contribution in [3.8, 4) is 0 Å². The molecule has 254 valence electrons. The first-order chi connectivity index (χ1) is 22.8. The monoisotopic (exact) mass is 689 g/mol. The summed E-state index contributed by atoms with van der Waals surface area (Å²) in [5.41, 5.74) is -0.397. The average molecular weight is 690 g/mol. The second-order valence-electron chi connectivity index (χ2n) is 11.4. The molecule has 2 aliphatic heterocycles. The van der Waals surface area contributed by atoms with Gasteiger partial charge in [0.25, 0.3) is 17.0 Å². The highest BCUT2D eigenvalue weighted by Gasteiger charge is 2.32. The highest BCUT2D eigenvalue weighted by molar-refractivity contribution is 6.33. The summed E-state index contributed by atoms with van der Waals surface area (Å²) in [7, 11) is 1.61. The van der Waals surface area contributed by atoms with Gasteiger partial charge in [0.1, 0.15) is 17.8 Å². The number of anilines is 2. The summed E-state index contributed by atoms with van der Waals surface area (Å²) in [6.45, 7) is 3.19. The molecule has 2 N–H and O–H groups in total. The number of H-pyrrole nitrogens is 1. The van der Waals surface area contributed by atoms with Gasteiger partial charge >= 0.3 is 6.18 Å². The second-order valence-corrected chi connectivity index (χ2v) is 11.8. The van der Waals surface area contributed by atoms with E-state index >= 15 is 0 Å². The van der Waals surface area contributed by atoms with E-state index in [0.29, 0.717) is 37.6 Å². The van der Waals surface area contributed by atoms with Crippen LogP contribution in [0.4, 0.5) is 24.5 Å². The number of carbonyl (C=O) groups is 2. The van der Waals surface area contributed by atoms with Crippen LogP contribution in [0.15, 0.2) is 40.1 Å². The lowest BCUT2D eigenvalue weighted by molar-refractivity contribution is -0.137. The summed E-state index contributed by atoms with van der Waals surface area (Å²) in [5, 5.41) is 9.32. The molecule has 0 atom stereocenters. The number of nitrogens with one attached hydrogen (secondary N) is 2. The van der Waals surface area contributed by atoms with Crippen LogP contribution in [0.25, 0.3) is 11.4 Å².